The number of carbonyl (C=O) groups is 1. The molecule has 0 saturated heterocycles. The third-order valence-corrected chi connectivity index (χ3v) is 3.12. The van der Waals surface area contributed by atoms with Gasteiger partial charge in [-0.2, -0.15) is 0 Å². The van der Waals surface area contributed by atoms with Gasteiger partial charge in [-0.3, -0.25) is 0 Å². The van der Waals surface area contributed by atoms with Crippen LogP contribution in [0.25, 0.3) is 0 Å². The summed E-state index contributed by atoms with van der Waals surface area (Å²) in [4.78, 5) is 13.7. The van der Waals surface area contributed by atoms with E-state index >= 15 is 0 Å². The van der Waals surface area contributed by atoms with E-state index in [4.69, 9.17) is 4.74 Å². The highest BCUT2D eigenvalue weighted by molar-refractivity contribution is 5.74. The molecule has 0 aliphatic carbocycles. The smallest absolute Gasteiger partial charge is 0.317 e. The first-order valence-electron chi connectivity index (χ1n) is 7.88. The molecule has 0 heterocycles. The van der Waals surface area contributed by atoms with E-state index in [0.29, 0.717) is 32.2 Å². The summed E-state index contributed by atoms with van der Waals surface area (Å²) in [5, 5.41) is 2.87. The number of hydrogen-bond donors (Lipinski definition) is 1. The first-order valence-corrected chi connectivity index (χ1v) is 7.88. The van der Waals surface area contributed by atoms with E-state index < -0.39 is 0 Å². The molecule has 0 fully saturated rings. The van der Waals surface area contributed by atoms with Crippen molar-refractivity contribution in [2.45, 2.75) is 33.7 Å². The number of amides is 2. The van der Waals surface area contributed by atoms with Gasteiger partial charge in [0.2, 0.25) is 0 Å². The molecule has 0 spiro atoms. The molecule has 124 valence electrons. The first kappa shape index (κ1) is 18.4. The van der Waals surface area contributed by atoms with Crippen molar-refractivity contribution in [2.24, 2.45) is 5.92 Å². The highest BCUT2D eigenvalue weighted by Crippen LogP contribution is 2.07. The van der Waals surface area contributed by atoms with E-state index in [9.17, 15) is 9.18 Å². The van der Waals surface area contributed by atoms with Gasteiger partial charge in [-0.1, -0.05) is 26.0 Å². The van der Waals surface area contributed by atoms with Crippen molar-refractivity contribution < 1.29 is 13.9 Å². The molecule has 0 aliphatic heterocycles. The Hall–Kier alpha value is -1.62. The van der Waals surface area contributed by atoms with E-state index in [1.165, 1.54) is 12.1 Å². The largest absolute Gasteiger partial charge is 0.381 e. The number of urea groups is 1. The zero-order valence-electron chi connectivity index (χ0n) is 13.8. The van der Waals surface area contributed by atoms with Crippen LogP contribution < -0.4 is 5.32 Å². The predicted molar refractivity (Wildman–Crippen MR) is 86.2 cm³/mol. The van der Waals surface area contributed by atoms with Gasteiger partial charge in [-0.25, -0.2) is 9.18 Å². The van der Waals surface area contributed by atoms with Crippen LogP contribution in [0, 0.1) is 11.7 Å². The number of nitrogens with zero attached hydrogens (tertiary/aromatic N) is 1. The number of benzene rings is 1. The SMILES string of the molecule is CCN(Cc1cccc(F)c1)C(=O)NCCCOCC(C)C. The Morgan fingerprint density at radius 3 is 2.82 bits per heavy atom. The lowest BCUT2D eigenvalue weighted by molar-refractivity contribution is 0.108. The molecule has 0 radical (unpaired) electrons. The Balaban J connectivity index is 2.29. The van der Waals surface area contributed by atoms with Crippen molar-refractivity contribution in [1.29, 1.82) is 0 Å². The van der Waals surface area contributed by atoms with Gasteiger partial charge < -0.3 is 15.0 Å². The van der Waals surface area contributed by atoms with Gasteiger partial charge in [0, 0.05) is 32.8 Å². The zero-order valence-corrected chi connectivity index (χ0v) is 13.8. The van der Waals surface area contributed by atoms with Crippen molar-refractivity contribution in [3.63, 3.8) is 0 Å². The highest BCUT2D eigenvalue weighted by atomic mass is 19.1. The van der Waals surface area contributed by atoms with Crippen molar-refractivity contribution >= 4 is 6.03 Å². The summed E-state index contributed by atoms with van der Waals surface area (Å²) in [5.41, 5.74) is 0.789. The second-order valence-electron chi connectivity index (χ2n) is 5.70. The Bertz CT molecular complexity index is 452. The summed E-state index contributed by atoms with van der Waals surface area (Å²) in [6, 6.07) is 6.20. The molecule has 0 saturated carbocycles. The fourth-order valence-electron chi connectivity index (χ4n) is 1.98. The number of ether oxygens (including phenoxy) is 1. The van der Waals surface area contributed by atoms with Crippen LogP contribution >= 0.6 is 0 Å². The Morgan fingerprint density at radius 1 is 1.41 bits per heavy atom. The van der Waals surface area contributed by atoms with E-state index in [-0.39, 0.29) is 11.8 Å². The summed E-state index contributed by atoms with van der Waals surface area (Å²) in [7, 11) is 0. The molecule has 1 aromatic rings. The molecule has 1 N–H and O–H groups in total. The van der Waals surface area contributed by atoms with Gasteiger partial charge >= 0.3 is 6.03 Å². The Labute approximate surface area is 132 Å². The molecule has 4 nitrogen and oxygen atoms in total. The number of nitrogens with one attached hydrogen (secondary N) is 1. The molecule has 0 aliphatic rings. The van der Waals surface area contributed by atoms with Crippen LogP contribution in [0.3, 0.4) is 0 Å². The third-order valence-electron chi connectivity index (χ3n) is 3.12. The number of carbonyl (C=O) groups excluding carboxylic acids is 1. The van der Waals surface area contributed by atoms with Gasteiger partial charge in [0.15, 0.2) is 0 Å². The molecule has 5 heteroatoms. The number of hydrogen-bond acceptors (Lipinski definition) is 2. The fourth-order valence-corrected chi connectivity index (χ4v) is 1.98. The summed E-state index contributed by atoms with van der Waals surface area (Å²) < 4.78 is 18.6. The zero-order chi connectivity index (χ0) is 16.4. The topological polar surface area (TPSA) is 41.6 Å². The molecule has 0 aromatic heterocycles. The quantitative estimate of drug-likeness (QED) is 0.710. The average molecular weight is 310 g/mol. The van der Waals surface area contributed by atoms with Crippen LogP contribution in [0.4, 0.5) is 9.18 Å². The number of halogens is 1. The molecular formula is C17H27FN2O2. The fraction of sp³-hybridized carbons (Fsp3) is 0.588. The molecule has 0 atom stereocenters. The van der Waals surface area contributed by atoms with Crippen molar-refractivity contribution in [2.75, 3.05) is 26.3 Å². The molecule has 1 rings (SSSR count). The van der Waals surface area contributed by atoms with E-state index in [1.54, 1.807) is 11.0 Å². The van der Waals surface area contributed by atoms with Crippen LogP contribution in [0.15, 0.2) is 24.3 Å². The Morgan fingerprint density at radius 2 is 2.18 bits per heavy atom. The van der Waals surface area contributed by atoms with Gasteiger partial charge in [0.1, 0.15) is 5.82 Å². The van der Waals surface area contributed by atoms with Gasteiger partial charge in [-0.15, -0.1) is 0 Å². The summed E-state index contributed by atoms with van der Waals surface area (Å²) in [6.07, 6.45) is 0.788. The summed E-state index contributed by atoms with van der Waals surface area (Å²) in [5.74, 6) is 0.243. The van der Waals surface area contributed by atoms with Gasteiger partial charge in [-0.05, 0) is 37.0 Å². The Kier molecular flexibility index (Phi) is 8.51. The molecule has 22 heavy (non-hydrogen) atoms. The number of rotatable bonds is 9. The second-order valence-corrected chi connectivity index (χ2v) is 5.70. The van der Waals surface area contributed by atoms with Crippen LogP contribution in [-0.2, 0) is 11.3 Å². The van der Waals surface area contributed by atoms with Crippen molar-refractivity contribution in [3.05, 3.63) is 35.6 Å². The van der Waals surface area contributed by atoms with Crippen LogP contribution in [0.1, 0.15) is 32.8 Å². The third kappa shape index (κ3) is 7.41. The maximum Gasteiger partial charge on any atom is 0.317 e. The minimum Gasteiger partial charge on any atom is -0.381 e. The first-order chi connectivity index (χ1) is 10.5. The van der Waals surface area contributed by atoms with E-state index in [0.717, 1.165) is 18.6 Å². The molecule has 1 aromatic carbocycles. The van der Waals surface area contributed by atoms with E-state index in [1.807, 2.05) is 13.0 Å². The average Bonchev–Trinajstić information content (AvgIpc) is 2.47. The van der Waals surface area contributed by atoms with E-state index in [2.05, 4.69) is 19.2 Å². The molecular weight excluding hydrogens is 283 g/mol. The lowest BCUT2D eigenvalue weighted by atomic mass is 10.2. The summed E-state index contributed by atoms with van der Waals surface area (Å²) >= 11 is 0. The predicted octanol–water partition coefficient (Wildman–Crippen LogP) is 3.42. The van der Waals surface area contributed by atoms with Crippen LogP contribution in [0.2, 0.25) is 0 Å². The van der Waals surface area contributed by atoms with Gasteiger partial charge in [0.25, 0.3) is 0 Å². The molecule has 2 amide bonds. The van der Waals surface area contributed by atoms with Crippen LogP contribution in [0.5, 0.6) is 0 Å². The van der Waals surface area contributed by atoms with Gasteiger partial charge in [0.05, 0.1) is 0 Å². The minimum absolute atomic E-state index is 0.129. The lowest BCUT2D eigenvalue weighted by Crippen LogP contribution is -2.40. The second kappa shape index (κ2) is 10.2. The highest BCUT2D eigenvalue weighted by Gasteiger charge is 2.11. The maximum absolute atomic E-state index is 13.2. The van der Waals surface area contributed by atoms with Crippen molar-refractivity contribution in [1.82, 2.24) is 10.2 Å². The lowest BCUT2D eigenvalue weighted by Gasteiger charge is -2.21. The minimum atomic E-state index is -0.281. The standard InChI is InChI=1S/C17H27FN2O2/c1-4-20(12-15-7-5-8-16(18)11-15)17(21)19-9-6-10-22-13-14(2)3/h5,7-8,11,14H,4,6,9-10,12-13H2,1-3H3,(H,19,21). The molecule has 0 unspecified atom stereocenters. The summed E-state index contributed by atoms with van der Waals surface area (Å²) in [6.45, 7) is 9.07. The molecule has 0 bridgehead atoms. The normalized spacial score (nSPS) is 10.8. The monoisotopic (exact) mass is 310 g/mol. The van der Waals surface area contributed by atoms with Crippen LogP contribution in [-0.4, -0.2) is 37.2 Å². The van der Waals surface area contributed by atoms with Crippen molar-refractivity contribution in [3.8, 4) is 0 Å². The maximum atomic E-state index is 13.2.